The molecule has 0 unspecified atom stereocenters. The van der Waals surface area contributed by atoms with Crippen LogP contribution in [-0.2, 0) is 0 Å². The van der Waals surface area contributed by atoms with Crippen LogP contribution in [0.15, 0.2) is 22.6 Å². The zero-order valence-corrected chi connectivity index (χ0v) is 9.06. The number of rotatable bonds is 1. The number of hydrogen-bond donors (Lipinski definition) is 1. The Bertz CT molecular complexity index is 476. The van der Waals surface area contributed by atoms with Crippen molar-refractivity contribution in [2.24, 2.45) is 5.73 Å². The molecule has 0 bridgehead atoms. The minimum Gasteiger partial charge on any atom is -0.459 e. The van der Waals surface area contributed by atoms with Crippen molar-refractivity contribution in [2.75, 3.05) is 0 Å². The quantitative estimate of drug-likeness (QED) is 0.809. The molecule has 0 amide bonds. The van der Waals surface area contributed by atoms with E-state index in [-0.39, 0.29) is 6.04 Å². The highest BCUT2D eigenvalue weighted by atomic mass is 35.5. The monoisotopic (exact) mass is 229 g/mol. The maximum atomic E-state index is 6.01. The van der Waals surface area contributed by atoms with Crippen LogP contribution in [-0.4, -0.2) is 0 Å². The molecule has 0 saturated carbocycles. The average Bonchev–Trinajstić information content (AvgIpc) is 2.56. The van der Waals surface area contributed by atoms with Crippen molar-refractivity contribution in [3.8, 4) is 0 Å². The lowest BCUT2D eigenvalue weighted by atomic mass is 10.2. The molecular weight excluding hydrogens is 221 g/mol. The van der Waals surface area contributed by atoms with Crippen LogP contribution in [0.1, 0.15) is 18.7 Å². The smallest absolute Gasteiger partial charge is 0.135 e. The van der Waals surface area contributed by atoms with Crippen LogP contribution in [0, 0.1) is 0 Å². The van der Waals surface area contributed by atoms with E-state index in [1.807, 2.05) is 13.0 Å². The topological polar surface area (TPSA) is 39.2 Å². The minimum absolute atomic E-state index is 0.141. The van der Waals surface area contributed by atoms with E-state index < -0.39 is 0 Å². The molecule has 1 atom stereocenters. The largest absolute Gasteiger partial charge is 0.459 e. The third kappa shape index (κ3) is 1.50. The molecule has 0 aliphatic carbocycles. The standard InChI is InChI=1S/C10H9Cl2NO/c1-5(13)9-4-6-8(14-9)3-2-7(11)10(6)12/h2-5H,13H2,1H3/t5-/m1/s1. The van der Waals surface area contributed by atoms with E-state index in [9.17, 15) is 0 Å². The number of fused-ring (bicyclic) bond motifs is 1. The van der Waals surface area contributed by atoms with E-state index in [1.165, 1.54) is 0 Å². The van der Waals surface area contributed by atoms with Crippen LogP contribution in [0.5, 0.6) is 0 Å². The average molecular weight is 230 g/mol. The Balaban J connectivity index is 2.71. The van der Waals surface area contributed by atoms with Crippen molar-refractivity contribution in [3.05, 3.63) is 34.0 Å². The Morgan fingerprint density at radius 1 is 1.36 bits per heavy atom. The van der Waals surface area contributed by atoms with Gasteiger partial charge in [0.1, 0.15) is 11.3 Å². The van der Waals surface area contributed by atoms with E-state index >= 15 is 0 Å². The zero-order chi connectivity index (χ0) is 10.3. The normalized spacial score (nSPS) is 13.4. The van der Waals surface area contributed by atoms with E-state index in [1.54, 1.807) is 12.1 Å². The van der Waals surface area contributed by atoms with Gasteiger partial charge in [-0.3, -0.25) is 0 Å². The van der Waals surface area contributed by atoms with E-state index in [2.05, 4.69) is 0 Å². The first-order valence-electron chi connectivity index (χ1n) is 4.22. The van der Waals surface area contributed by atoms with Gasteiger partial charge in [-0.15, -0.1) is 0 Å². The summed E-state index contributed by atoms with van der Waals surface area (Å²) < 4.78 is 5.50. The van der Waals surface area contributed by atoms with Gasteiger partial charge >= 0.3 is 0 Å². The fraction of sp³-hybridized carbons (Fsp3) is 0.200. The number of nitrogens with two attached hydrogens (primary N) is 1. The first-order chi connectivity index (χ1) is 6.59. The van der Waals surface area contributed by atoms with Gasteiger partial charge in [-0.25, -0.2) is 0 Å². The Kier molecular flexibility index (Phi) is 2.43. The highest BCUT2D eigenvalue weighted by Crippen LogP contribution is 2.33. The van der Waals surface area contributed by atoms with Crippen LogP contribution in [0.2, 0.25) is 10.0 Å². The minimum atomic E-state index is -0.141. The second kappa shape index (κ2) is 3.46. The van der Waals surface area contributed by atoms with Gasteiger partial charge in [0.25, 0.3) is 0 Å². The predicted octanol–water partition coefficient (Wildman–Crippen LogP) is 3.76. The van der Waals surface area contributed by atoms with Gasteiger partial charge in [0.15, 0.2) is 0 Å². The lowest BCUT2D eigenvalue weighted by Gasteiger charge is -1.96. The first-order valence-corrected chi connectivity index (χ1v) is 4.98. The molecule has 0 radical (unpaired) electrons. The molecule has 0 saturated heterocycles. The molecule has 1 aromatic heterocycles. The summed E-state index contributed by atoms with van der Waals surface area (Å²) in [5, 5.41) is 1.85. The molecule has 0 spiro atoms. The molecule has 2 N–H and O–H groups in total. The summed E-state index contributed by atoms with van der Waals surface area (Å²) in [4.78, 5) is 0. The van der Waals surface area contributed by atoms with Gasteiger partial charge in [-0.2, -0.15) is 0 Å². The Labute approximate surface area is 91.6 Å². The number of hydrogen-bond acceptors (Lipinski definition) is 2. The summed E-state index contributed by atoms with van der Waals surface area (Å²) in [6.07, 6.45) is 0. The summed E-state index contributed by atoms with van der Waals surface area (Å²) in [6, 6.07) is 5.18. The molecule has 14 heavy (non-hydrogen) atoms. The van der Waals surface area contributed by atoms with Crippen molar-refractivity contribution in [1.82, 2.24) is 0 Å². The van der Waals surface area contributed by atoms with Crippen LogP contribution < -0.4 is 5.73 Å². The highest BCUT2D eigenvalue weighted by Gasteiger charge is 2.11. The van der Waals surface area contributed by atoms with Gasteiger partial charge in [0.2, 0.25) is 0 Å². The molecule has 74 valence electrons. The molecule has 4 heteroatoms. The van der Waals surface area contributed by atoms with E-state index in [0.717, 1.165) is 5.39 Å². The molecule has 0 fully saturated rings. The fourth-order valence-corrected chi connectivity index (χ4v) is 1.67. The van der Waals surface area contributed by atoms with Crippen LogP contribution in [0.25, 0.3) is 11.0 Å². The van der Waals surface area contributed by atoms with Crippen molar-refractivity contribution in [3.63, 3.8) is 0 Å². The second-order valence-corrected chi connectivity index (χ2v) is 4.00. The first kappa shape index (κ1) is 9.84. The van der Waals surface area contributed by atoms with Crippen molar-refractivity contribution < 1.29 is 4.42 Å². The fourth-order valence-electron chi connectivity index (χ4n) is 1.30. The van der Waals surface area contributed by atoms with Crippen molar-refractivity contribution in [1.29, 1.82) is 0 Å². The Morgan fingerprint density at radius 2 is 2.07 bits per heavy atom. The lowest BCUT2D eigenvalue weighted by Crippen LogP contribution is -2.02. The third-order valence-corrected chi connectivity index (χ3v) is 2.87. The van der Waals surface area contributed by atoms with Gasteiger partial charge in [0.05, 0.1) is 16.1 Å². The van der Waals surface area contributed by atoms with E-state index in [0.29, 0.717) is 21.4 Å². The summed E-state index contributed by atoms with van der Waals surface area (Å²) in [7, 11) is 0. The van der Waals surface area contributed by atoms with Gasteiger partial charge in [0, 0.05) is 5.39 Å². The molecular formula is C10H9Cl2NO. The zero-order valence-electron chi connectivity index (χ0n) is 7.55. The highest BCUT2D eigenvalue weighted by molar-refractivity contribution is 6.45. The molecule has 2 aromatic rings. The molecule has 0 aliphatic heterocycles. The maximum absolute atomic E-state index is 6.01. The van der Waals surface area contributed by atoms with Gasteiger partial charge in [-0.1, -0.05) is 23.2 Å². The van der Waals surface area contributed by atoms with Crippen LogP contribution in [0.3, 0.4) is 0 Å². The summed E-state index contributed by atoms with van der Waals surface area (Å²) in [5.74, 6) is 0.712. The lowest BCUT2D eigenvalue weighted by molar-refractivity contribution is 0.513. The molecule has 1 aromatic carbocycles. The number of benzene rings is 1. The molecule has 2 rings (SSSR count). The predicted molar refractivity (Wildman–Crippen MR) is 58.8 cm³/mol. The van der Waals surface area contributed by atoms with Gasteiger partial charge < -0.3 is 10.2 Å². The van der Waals surface area contributed by atoms with Crippen LogP contribution in [0.4, 0.5) is 0 Å². The summed E-state index contributed by atoms with van der Waals surface area (Å²) >= 11 is 11.9. The number of furan rings is 1. The van der Waals surface area contributed by atoms with Crippen molar-refractivity contribution >= 4 is 34.2 Å². The maximum Gasteiger partial charge on any atom is 0.135 e. The Hall–Kier alpha value is -0.700. The Morgan fingerprint density at radius 3 is 2.71 bits per heavy atom. The molecule has 2 nitrogen and oxygen atoms in total. The van der Waals surface area contributed by atoms with Gasteiger partial charge in [-0.05, 0) is 25.1 Å². The number of halogens is 2. The summed E-state index contributed by atoms with van der Waals surface area (Å²) in [6.45, 7) is 1.85. The molecule has 0 aliphatic rings. The summed E-state index contributed by atoms with van der Waals surface area (Å²) in [5.41, 5.74) is 6.41. The molecule has 1 heterocycles. The second-order valence-electron chi connectivity index (χ2n) is 3.21. The SMILES string of the molecule is C[C@@H](N)c1cc2c(Cl)c(Cl)ccc2o1. The third-order valence-electron chi connectivity index (χ3n) is 2.06. The van der Waals surface area contributed by atoms with Crippen LogP contribution >= 0.6 is 23.2 Å². The van der Waals surface area contributed by atoms with E-state index in [4.69, 9.17) is 33.4 Å². The van der Waals surface area contributed by atoms with Crippen molar-refractivity contribution in [2.45, 2.75) is 13.0 Å².